The van der Waals surface area contributed by atoms with Crippen molar-refractivity contribution >= 4 is 34.8 Å². The Balaban J connectivity index is 2.39. The first-order valence-corrected chi connectivity index (χ1v) is 4.75. The minimum absolute atomic E-state index is 0.356. The van der Waals surface area contributed by atoms with Crippen LogP contribution in [0.5, 0.6) is 0 Å². The van der Waals surface area contributed by atoms with E-state index in [-0.39, 0.29) is 6.61 Å². The monoisotopic (exact) mass is 234 g/mol. The van der Waals surface area contributed by atoms with E-state index >= 15 is 0 Å². The first-order chi connectivity index (χ1) is 6.59. The molecule has 0 aliphatic carbocycles. The summed E-state index contributed by atoms with van der Waals surface area (Å²) in [5.41, 5.74) is 6.84. The van der Waals surface area contributed by atoms with Gasteiger partial charge in [0, 0.05) is 0 Å². The topological polar surface area (TPSA) is 81.4 Å². The molecular weight excluding hydrogens is 228 g/mol. The summed E-state index contributed by atoms with van der Waals surface area (Å²) in [4.78, 5) is 26.4. The smallest absolute Gasteiger partial charge is 0.284 e. The van der Waals surface area contributed by atoms with E-state index in [0.717, 1.165) is 11.3 Å². The number of nitrogens with two attached hydrogens (primary N) is 1. The molecule has 0 fully saturated rings. The van der Waals surface area contributed by atoms with Crippen LogP contribution in [0, 0.1) is 0 Å². The van der Waals surface area contributed by atoms with Crippen molar-refractivity contribution in [3.63, 3.8) is 0 Å². The van der Waals surface area contributed by atoms with Gasteiger partial charge in [0.15, 0.2) is 6.61 Å². The van der Waals surface area contributed by atoms with Crippen LogP contribution >= 0.6 is 22.9 Å². The van der Waals surface area contributed by atoms with E-state index in [0.29, 0.717) is 9.21 Å². The Bertz CT molecular complexity index is 352. The summed E-state index contributed by atoms with van der Waals surface area (Å²) in [6.07, 6.45) is 0. The Hall–Kier alpha value is -1.11. The van der Waals surface area contributed by atoms with Gasteiger partial charge in [-0.25, -0.2) is 5.48 Å². The van der Waals surface area contributed by atoms with Gasteiger partial charge in [-0.2, -0.15) is 0 Å². The number of hydroxylamine groups is 1. The van der Waals surface area contributed by atoms with Crippen LogP contribution in [0.25, 0.3) is 0 Å². The lowest BCUT2D eigenvalue weighted by atomic mass is 10.5. The Kier molecular flexibility index (Phi) is 3.87. The van der Waals surface area contributed by atoms with Crippen LogP contribution in [0.15, 0.2) is 12.1 Å². The molecule has 0 unspecified atom stereocenters. The van der Waals surface area contributed by atoms with Crippen molar-refractivity contribution in [3.05, 3.63) is 21.3 Å². The quantitative estimate of drug-likeness (QED) is 0.747. The van der Waals surface area contributed by atoms with Gasteiger partial charge in [-0.05, 0) is 12.1 Å². The third-order valence-corrected chi connectivity index (χ3v) is 2.41. The van der Waals surface area contributed by atoms with Gasteiger partial charge < -0.3 is 5.73 Å². The molecule has 76 valence electrons. The lowest BCUT2D eigenvalue weighted by Gasteiger charge is -2.00. The van der Waals surface area contributed by atoms with Gasteiger partial charge in [-0.3, -0.25) is 14.4 Å². The molecule has 0 saturated heterocycles. The molecule has 14 heavy (non-hydrogen) atoms. The number of rotatable bonds is 4. The molecular formula is C7H7ClN2O3S. The van der Waals surface area contributed by atoms with Crippen LogP contribution in [0.4, 0.5) is 0 Å². The summed E-state index contributed by atoms with van der Waals surface area (Å²) in [5, 5.41) is 0. The second-order valence-corrected chi connectivity index (χ2v) is 4.01. The van der Waals surface area contributed by atoms with Crippen molar-refractivity contribution in [3.8, 4) is 0 Å². The van der Waals surface area contributed by atoms with E-state index in [4.69, 9.17) is 17.3 Å². The number of primary amides is 1. The van der Waals surface area contributed by atoms with E-state index in [1.807, 2.05) is 0 Å². The molecule has 0 atom stereocenters. The number of carbonyl (C=O) groups excluding carboxylic acids is 2. The normalized spacial score (nSPS) is 9.79. The molecule has 0 aliphatic rings. The number of amides is 2. The van der Waals surface area contributed by atoms with Crippen molar-refractivity contribution in [1.82, 2.24) is 5.48 Å². The van der Waals surface area contributed by atoms with Crippen LogP contribution in [0.1, 0.15) is 9.67 Å². The number of carbonyl (C=O) groups is 2. The van der Waals surface area contributed by atoms with E-state index in [9.17, 15) is 9.59 Å². The van der Waals surface area contributed by atoms with E-state index in [1.165, 1.54) is 0 Å². The van der Waals surface area contributed by atoms with Crippen LogP contribution < -0.4 is 11.2 Å². The average Bonchev–Trinajstić information content (AvgIpc) is 2.51. The molecule has 0 spiro atoms. The van der Waals surface area contributed by atoms with E-state index in [1.54, 1.807) is 12.1 Å². The van der Waals surface area contributed by atoms with Crippen LogP contribution in [0.3, 0.4) is 0 Å². The largest absolute Gasteiger partial charge is 0.368 e. The standard InChI is InChI=1S/C7H7ClN2O3S/c8-5-2-1-4(14-5)7(12)10-13-3-6(9)11/h1-2H,3H2,(H2,9,11)(H,10,12). The minimum Gasteiger partial charge on any atom is -0.368 e. The molecule has 7 heteroatoms. The van der Waals surface area contributed by atoms with Crippen molar-refractivity contribution in [2.45, 2.75) is 0 Å². The molecule has 3 N–H and O–H groups in total. The fourth-order valence-electron chi connectivity index (χ4n) is 0.659. The van der Waals surface area contributed by atoms with E-state index in [2.05, 4.69) is 10.3 Å². The third-order valence-electron chi connectivity index (χ3n) is 1.18. The first kappa shape index (κ1) is 11.0. The summed E-state index contributed by atoms with van der Waals surface area (Å²) in [5.74, 6) is -1.11. The van der Waals surface area contributed by atoms with E-state index < -0.39 is 11.8 Å². The maximum Gasteiger partial charge on any atom is 0.284 e. The third kappa shape index (κ3) is 3.33. The number of nitrogens with one attached hydrogen (secondary N) is 1. The molecule has 2 amide bonds. The van der Waals surface area contributed by atoms with Crippen molar-refractivity contribution in [2.24, 2.45) is 5.73 Å². The molecule has 1 heterocycles. The maximum atomic E-state index is 11.2. The van der Waals surface area contributed by atoms with Gasteiger partial charge >= 0.3 is 0 Å². The fraction of sp³-hybridized carbons (Fsp3) is 0.143. The summed E-state index contributed by atoms with van der Waals surface area (Å²) in [7, 11) is 0. The SMILES string of the molecule is NC(=O)CONC(=O)c1ccc(Cl)s1. The Morgan fingerprint density at radius 3 is 2.79 bits per heavy atom. The number of hydrogen-bond acceptors (Lipinski definition) is 4. The van der Waals surface area contributed by atoms with Crippen molar-refractivity contribution < 1.29 is 14.4 Å². The predicted molar refractivity (Wildman–Crippen MR) is 51.9 cm³/mol. The minimum atomic E-state index is -0.658. The predicted octanol–water partition coefficient (Wildman–Crippen LogP) is 0.548. The van der Waals surface area contributed by atoms with Crippen LogP contribution in [-0.2, 0) is 9.63 Å². The van der Waals surface area contributed by atoms with Crippen molar-refractivity contribution in [2.75, 3.05) is 6.61 Å². The highest BCUT2D eigenvalue weighted by Gasteiger charge is 2.08. The Morgan fingerprint density at radius 2 is 2.29 bits per heavy atom. The van der Waals surface area contributed by atoms with Crippen LogP contribution in [0.2, 0.25) is 4.34 Å². The van der Waals surface area contributed by atoms with Gasteiger partial charge in [-0.1, -0.05) is 11.6 Å². The van der Waals surface area contributed by atoms with Gasteiger partial charge in [-0.15, -0.1) is 11.3 Å². The van der Waals surface area contributed by atoms with Gasteiger partial charge in [0.25, 0.3) is 5.91 Å². The zero-order chi connectivity index (χ0) is 10.6. The van der Waals surface area contributed by atoms with Gasteiger partial charge in [0.2, 0.25) is 5.91 Å². The highest BCUT2D eigenvalue weighted by atomic mass is 35.5. The maximum absolute atomic E-state index is 11.2. The molecule has 1 rings (SSSR count). The second-order valence-electron chi connectivity index (χ2n) is 2.29. The number of thiophene rings is 1. The molecule has 0 radical (unpaired) electrons. The lowest BCUT2D eigenvalue weighted by molar-refractivity contribution is -0.124. The number of hydrogen-bond donors (Lipinski definition) is 2. The summed E-state index contributed by atoms with van der Waals surface area (Å²) < 4.78 is 0.505. The first-order valence-electron chi connectivity index (χ1n) is 3.55. The molecule has 0 aliphatic heterocycles. The second kappa shape index (κ2) is 4.94. The summed E-state index contributed by atoms with van der Waals surface area (Å²) in [6.45, 7) is -0.356. The summed E-state index contributed by atoms with van der Waals surface area (Å²) in [6, 6.07) is 3.14. The molecule has 0 bridgehead atoms. The highest BCUT2D eigenvalue weighted by Crippen LogP contribution is 2.20. The molecule has 1 aromatic rings. The van der Waals surface area contributed by atoms with Crippen LogP contribution in [-0.4, -0.2) is 18.4 Å². The molecule has 0 saturated carbocycles. The Labute approximate surface area is 88.8 Å². The van der Waals surface area contributed by atoms with Crippen molar-refractivity contribution in [1.29, 1.82) is 0 Å². The van der Waals surface area contributed by atoms with Gasteiger partial charge in [0.1, 0.15) is 0 Å². The molecule has 0 aromatic carbocycles. The Morgan fingerprint density at radius 1 is 1.57 bits per heavy atom. The highest BCUT2D eigenvalue weighted by molar-refractivity contribution is 7.17. The zero-order valence-electron chi connectivity index (χ0n) is 6.95. The lowest BCUT2D eigenvalue weighted by Crippen LogP contribution is -2.28. The van der Waals surface area contributed by atoms with Gasteiger partial charge in [0.05, 0.1) is 9.21 Å². The average molecular weight is 235 g/mol. The summed E-state index contributed by atoms with van der Waals surface area (Å²) >= 11 is 6.72. The molecule has 5 nitrogen and oxygen atoms in total. The zero-order valence-corrected chi connectivity index (χ0v) is 8.52. The fourth-order valence-corrected chi connectivity index (χ4v) is 1.59. The number of halogens is 1. The molecule has 1 aromatic heterocycles.